The largest absolute Gasteiger partial charge is 0.480 e. The molecule has 10 nitrogen and oxygen atoms in total. The number of oxazole rings is 2. The summed E-state index contributed by atoms with van der Waals surface area (Å²) in [6, 6.07) is 7.70. The van der Waals surface area contributed by atoms with E-state index < -0.39 is 23.6 Å². The SMILES string of the molecule is Cc1ccccc1C(C)OC(=O)Nc1c(C#Cc2nc3oc(C4(C(=O)O)CC4)nc3o2)nsc1C. The summed E-state index contributed by atoms with van der Waals surface area (Å²) in [5.41, 5.74) is 1.80. The van der Waals surface area contributed by atoms with Crippen LogP contribution in [0, 0.1) is 25.7 Å². The second-order valence-electron chi connectivity index (χ2n) is 8.28. The molecule has 3 aromatic heterocycles. The molecular formula is C24H20N4O6S. The van der Waals surface area contributed by atoms with Gasteiger partial charge in [-0.05, 0) is 62.2 Å². The predicted molar refractivity (Wildman–Crippen MR) is 125 cm³/mol. The fraction of sp³-hybridized carbons (Fsp3) is 0.292. The van der Waals surface area contributed by atoms with Crippen molar-refractivity contribution in [1.82, 2.24) is 14.3 Å². The molecule has 1 saturated carbocycles. The van der Waals surface area contributed by atoms with Gasteiger partial charge in [-0.3, -0.25) is 10.1 Å². The molecule has 5 rings (SSSR count). The number of carbonyl (C=O) groups excluding carboxylic acids is 1. The summed E-state index contributed by atoms with van der Waals surface area (Å²) in [5, 5.41) is 12.1. The number of anilines is 1. The first-order valence-corrected chi connectivity index (χ1v) is 11.6. The highest BCUT2D eigenvalue weighted by Crippen LogP contribution is 2.48. The summed E-state index contributed by atoms with van der Waals surface area (Å²) in [7, 11) is 0. The third-order valence-corrected chi connectivity index (χ3v) is 6.58. The maximum atomic E-state index is 12.5. The zero-order chi connectivity index (χ0) is 24.7. The van der Waals surface area contributed by atoms with E-state index in [2.05, 4.69) is 31.5 Å². The first kappa shape index (κ1) is 22.6. The Morgan fingerprint density at radius 2 is 1.91 bits per heavy atom. The molecule has 178 valence electrons. The number of aromatic nitrogens is 3. The molecule has 2 N–H and O–H groups in total. The van der Waals surface area contributed by atoms with Crippen molar-refractivity contribution in [3.05, 3.63) is 57.7 Å². The lowest BCUT2D eigenvalue weighted by molar-refractivity contribution is -0.140. The Bertz CT molecular complexity index is 1490. The van der Waals surface area contributed by atoms with Crippen LogP contribution in [0.1, 0.15) is 59.3 Å². The normalized spacial score (nSPS) is 14.7. The van der Waals surface area contributed by atoms with Crippen LogP contribution in [-0.2, 0) is 14.9 Å². The zero-order valence-electron chi connectivity index (χ0n) is 19.0. The number of nitrogens with zero attached hydrogens (tertiary/aromatic N) is 3. The Hall–Kier alpha value is -4.17. The standard InChI is InChI=1S/C24H20N4O6S/c1-12-6-4-5-7-15(12)13(2)32-23(31)26-18-14(3)35-28-16(18)8-9-17-25-19-20(33-17)27-21(34-19)24(10-11-24)22(29)30/h4-7,13H,10-11H2,1-3H3,(H,26,31)(H,29,30). The minimum Gasteiger partial charge on any atom is -0.480 e. The number of nitrogens with one attached hydrogen (secondary N) is 1. The molecule has 3 heterocycles. The summed E-state index contributed by atoms with van der Waals surface area (Å²) in [4.78, 5) is 33.0. The van der Waals surface area contributed by atoms with Gasteiger partial charge in [-0.25, -0.2) is 4.79 Å². The van der Waals surface area contributed by atoms with Crippen molar-refractivity contribution in [3.63, 3.8) is 0 Å². The fourth-order valence-electron chi connectivity index (χ4n) is 3.66. The van der Waals surface area contributed by atoms with Crippen molar-refractivity contribution in [2.45, 2.75) is 45.1 Å². The number of aryl methyl sites for hydroxylation is 2. The van der Waals surface area contributed by atoms with Gasteiger partial charge in [0.1, 0.15) is 11.5 Å². The Morgan fingerprint density at radius 3 is 2.60 bits per heavy atom. The number of benzene rings is 1. The molecule has 1 aliphatic carbocycles. The molecule has 0 radical (unpaired) electrons. The van der Waals surface area contributed by atoms with Gasteiger partial charge in [0, 0.05) is 10.8 Å². The van der Waals surface area contributed by atoms with Gasteiger partial charge in [0.2, 0.25) is 5.89 Å². The van der Waals surface area contributed by atoms with Crippen molar-refractivity contribution < 1.29 is 28.3 Å². The molecular weight excluding hydrogens is 472 g/mol. The van der Waals surface area contributed by atoms with Gasteiger partial charge in [-0.1, -0.05) is 24.3 Å². The van der Waals surface area contributed by atoms with Crippen molar-refractivity contribution >= 4 is 40.7 Å². The first-order chi connectivity index (χ1) is 16.8. The molecule has 35 heavy (non-hydrogen) atoms. The number of amides is 1. The molecule has 1 unspecified atom stereocenters. The summed E-state index contributed by atoms with van der Waals surface area (Å²) >= 11 is 1.19. The summed E-state index contributed by atoms with van der Waals surface area (Å²) in [6.07, 6.45) is -0.134. The second kappa shape index (κ2) is 8.56. The average molecular weight is 493 g/mol. The van der Waals surface area contributed by atoms with Crippen LogP contribution in [0.5, 0.6) is 0 Å². The molecule has 1 aliphatic rings. The zero-order valence-corrected chi connectivity index (χ0v) is 19.9. The van der Waals surface area contributed by atoms with Gasteiger partial charge in [0.25, 0.3) is 17.3 Å². The van der Waals surface area contributed by atoms with E-state index in [1.807, 2.05) is 38.1 Å². The quantitative estimate of drug-likeness (QED) is 0.379. The van der Waals surface area contributed by atoms with Crippen LogP contribution in [0.3, 0.4) is 0 Å². The maximum Gasteiger partial charge on any atom is 0.412 e. The molecule has 1 fully saturated rings. The van der Waals surface area contributed by atoms with Crippen molar-refractivity contribution in [3.8, 4) is 11.8 Å². The maximum absolute atomic E-state index is 12.5. The van der Waals surface area contributed by atoms with Crippen LogP contribution in [0.2, 0.25) is 0 Å². The topological polar surface area (TPSA) is 141 Å². The number of aliphatic carboxylic acids is 1. The summed E-state index contributed by atoms with van der Waals surface area (Å²) in [6.45, 7) is 5.57. The lowest BCUT2D eigenvalue weighted by atomic mass is 10.1. The van der Waals surface area contributed by atoms with Gasteiger partial charge in [0.15, 0.2) is 5.69 Å². The van der Waals surface area contributed by atoms with Crippen LogP contribution in [0.4, 0.5) is 10.5 Å². The monoisotopic (exact) mass is 492 g/mol. The smallest absolute Gasteiger partial charge is 0.412 e. The lowest BCUT2D eigenvalue weighted by Gasteiger charge is -2.16. The van der Waals surface area contributed by atoms with E-state index in [-0.39, 0.29) is 23.2 Å². The molecule has 0 spiro atoms. The number of carboxylic acids is 1. The lowest BCUT2D eigenvalue weighted by Crippen LogP contribution is -2.19. The molecule has 1 aromatic carbocycles. The molecule has 0 saturated heterocycles. The molecule has 1 atom stereocenters. The number of fused-ring (bicyclic) bond motifs is 1. The van der Waals surface area contributed by atoms with E-state index in [1.165, 1.54) is 11.5 Å². The third kappa shape index (κ3) is 4.24. The summed E-state index contributed by atoms with van der Waals surface area (Å²) in [5.74, 6) is 4.72. The van der Waals surface area contributed by atoms with Gasteiger partial charge in [0.05, 0.1) is 5.69 Å². The van der Waals surface area contributed by atoms with Crippen molar-refractivity contribution in [1.29, 1.82) is 0 Å². The van der Waals surface area contributed by atoms with Crippen LogP contribution in [0.25, 0.3) is 11.4 Å². The van der Waals surface area contributed by atoms with E-state index in [9.17, 15) is 14.7 Å². The van der Waals surface area contributed by atoms with Crippen LogP contribution >= 0.6 is 11.5 Å². The van der Waals surface area contributed by atoms with E-state index >= 15 is 0 Å². The van der Waals surface area contributed by atoms with Gasteiger partial charge < -0.3 is 18.7 Å². The van der Waals surface area contributed by atoms with Gasteiger partial charge in [-0.2, -0.15) is 14.3 Å². The molecule has 0 aliphatic heterocycles. The Labute approximate surface area is 203 Å². The average Bonchev–Trinajstić information content (AvgIpc) is 3.25. The number of hydrogen-bond acceptors (Lipinski definition) is 9. The highest BCUT2D eigenvalue weighted by atomic mass is 32.1. The molecule has 1 amide bonds. The highest BCUT2D eigenvalue weighted by Gasteiger charge is 2.56. The second-order valence-corrected chi connectivity index (χ2v) is 9.25. The van der Waals surface area contributed by atoms with E-state index in [0.717, 1.165) is 16.0 Å². The molecule has 4 aromatic rings. The van der Waals surface area contributed by atoms with Crippen LogP contribution in [0.15, 0.2) is 33.1 Å². The number of carbonyl (C=O) groups is 2. The van der Waals surface area contributed by atoms with Crippen molar-refractivity contribution in [2.24, 2.45) is 0 Å². The minimum absolute atomic E-state index is 0.0327. The predicted octanol–water partition coefficient (Wildman–Crippen LogP) is 4.71. The number of hydrogen-bond donors (Lipinski definition) is 2. The number of carboxylic acid groups (broad SMARTS) is 1. The Balaban J connectivity index is 1.30. The fourth-order valence-corrected chi connectivity index (χ4v) is 4.26. The van der Waals surface area contributed by atoms with Crippen LogP contribution in [-0.4, -0.2) is 31.5 Å². The minimum atomic E-state index is -1.08. The summed E-state index contributed by atoms with van der Waals surface area (Å²) < 4.78 is 20.8. The Morgan fingerprint density at radius 1 is 1.17 bits per heavy atom. The highest BCUT2D eigenvalue weighted by molar-refractivity contribution is 7.06. The number of rotatable bonds is 5. The first-order valence-electron chi connectivity index (χ1n) is 10.8. The molecule has 11 heteroatoms. The Kier molecular flexibility index (Phi) is 5.53. The van der Waals surface area contributed by atoms with Crippen LogP contribution < -0.4 is 5.32 Å². The van der Waals surface area contributed by atoms with Crippen molar-refractivity contribution in [2.75, 3.05) is 5.32 Å². The number of ether oxygens (including phenoxy) is 1. The van der Waals surface area contributed by atoms with E-state index in [0.29, 0.717) is 24.2 Å². The van der Waals surface area contributed by atoms with E-state index in [1.54, 1.807) is 6.92 Å². The third-order valence-electron chi connectivity index (χ3n) is 5.83. The van der Waals surface area contributed by atoms with E-state index in [4.69, 9.17) is 13.6 Å². The van der Waals surface area contributed by atoms with Gasteiger partial charge in [-0.15, -0.1) is 0 Å². The molecule has 0 bridgehead atoms. The van der Waals surface area contributed by atoms with Gasteiger partial charge >= 0.3 is 12.1 Å².